The summed E-state index contributed by atoms with van der Waals surface area (Å²) in [5, 5.41) is 14.0. The highest BCUT2D eigenvalue weighted by atomic mass is 19.4. The Morgan fingerprint density at radius 3 is 2.48 bits per heavy atom. The minimum absolute atomic E-state index is 0.0144. The average molecular weight is 361 g/mol. The van der Waals surface area contributed by atoms with E-state index < -0.39 is 29.7 Å². The van der Waals surface area contributed by atoms with Crippen molar-refractivity contribution in [2.24, 2.45) is 5.73 Å². The smallest absolute Gasteiger partial charge is 0.416 e. The summed E-state index contributed by atoms with van der Waals surface area (Å²) < 4.78 is 38.6. The van der Waals surface area contributed by atoms with Gasteiger partial charge in [0.15, 0.2) is 0 Å². The summed E-state index contributed by atoms with van der Waals surface area (Å²) in [6.45, 7) is -0.0126. The van der Waals surface area contributed by atoms with Crippen LogP contribution in [0.4, 0.5) is 13.2 Å². The molecule has 1 atom stereocenters. The molecule has 1 aromatic carbocycles. The van der Waals surface area contributed by atoms with E-state index in [-0.39, 0.29) is 25.1 Å². The summed E-state index contributed by atoms with van der Waals surface area (Å²) in [4.78, 5) is 22.9. The summed E-state index contributed by atoms with van der Waals surface area (Å²) >= 11 is 0. The van der Waals surface area contributed by atoms with Gasteiger partial charge >= 0.3 is 12.1 Å². The van der Waals surface area contributed by atoms with Gasteiger partial charge in [-0.3, -0.25) is 4.79 Å². The van der Waals surface area contributed by atoms with Crippen LogP contribution in [0.25, 0.3) is 0 Å². The predicted octanol–water partition coefficient (Wildman–Crippen LogP) is 1.49. The zero-order valence-electron chi connectivity index (χ0n) is 13.6. The molecule has 0 saturated heterocycles. The van der Waals surface area contributed by atoms with E-state index in [1.165, 1.54) is 18.2 Å². The quantitative estimate of drug-likeness (QED) is 0.473. The third kappa shape index (κ3) is 7.53. The van der Waals surface area contributed by atoms with Crippen molar-refractivity contribution < 1.29 is 27.9 Å². The molecule has 0 aliphatic heterocycles. The van der Waals surface area contributed by atoms with Crippen LogP contribution in [0, 0.1) is 0 Å². The van der Waals surface area contributed by atoms with Crippen LogP contribution in [0.15, 0.2) is 24.3 Å². The number of amides is 1. The summed E-state index contributed by atoms with van der Waals surface area (Å²) in [6, 6.07) is 4.01. The Kier molecular flexibility index (Phi) is 8.36. The molecule has 0 spiro atoms. The lowest BCUT2D eigenvalue weighted by molar-refractivity contribution is -0.142. The van der Waals surface area contributed by atoms with Crippen molar-refractivity contribution in [2.75, 3.05) is 13.1 Å². The highest BCUT2D eigenvalue weighted by Gasteiger charge is 2.32. The number of halogens is 3. The zero-order valence-corrected chi connectivity index (χ0v) is 13.6. The van der Waals surface area contributed by atoms with E-state index in [0.717, 1.165) is 6.07 Å². The first-order chi connectivity index (χ1) is 11.8. The second kappa shape index (κ2) is 10.00. The minimum Gasteiger partial charge on any atom is -0.480 e. The number of carboxylic acids is 1. The third-order valence-corrected chi connectivity index (χ3v) is 3.50. The molecule has 0 aromatic heterocycles. The first kappa shape index (κ1) is 20.9. The van der Waals surface area contributed by atoms with Crippen LogP contribution < -0.4 is 16.4 Å². The number of nitrogens with two attached hydrogens (primary N) is 1. The van der Waals surface area contributed by atoms with E-state index in [2.05, 4.69) is 10.6 Å². The van der Waals surface area contributed by atoms with Crippen molar-refractivity contribution in [3.05, 3.63) is 35.4 Å². The van der Waals surface area contributed by atoms with Crippen LogP contribution in [-0.4, -0.2) is 36.1 Å². The highest BCUT2D eigenvalue weighted by Crippen LogP contribution is 2.31. The van der Waals surface area contributed by atoms with Crippen LogP contribution in [0.3, 0.4) is 0 Å². The van der Waals surface area contributed by atoms with Gasteiger partial charge in [0.2, 0.25) is 5.91 Å². The molecule has 0 saturated carbocycles. The molecule has 1 aromatic rings. The number of nitrogens with one attached hydrogen (secondary N) is 2. The van der Waals surface area contributed by atoms with Gasteiger partial charge in [-0.25, -0.2) is 4.79 Å². The van der Waals surface area contributed by atoms with Gasteiger partial charge in [0, 0.05) is 6.54 Å². The molecular formula is C16H22F3N3O3. The van der Waals surface area contributed by atoms with Gasteiger partial charge in [0.05, 0.1) is 12.1 Å². The zero-order chi connectivity index (χ0) is 18.9. The molecule has 0 aliphatic rings. The van der Waals surface area contributed by atoms with Crippen LogP contribution in [0.1, 0.15) is 30.4 Å². The van der Waals surface area contributed by atoms with Crippen molar-refractivity contribution in [3.63, 3.8) is 0 Å². The van der Waals surface area contributed by atoms with Gasteiger partial charge in [-0.1, -0.05) is 18.2 Å². The van der Waals surface area contributed by atoms with E-state index in [1.54, 1.807) is 0 Å². The number of carbonyl (C=O) groups excluding carboxylic acids is 1. The maximum Gasteiger partial charge on any atom is 0.416 e. The van der Waals surface area contributed by atoms with Crippen molar-refractivity contribution in [1.29, 1.82) is 0 Å². The van der Waals surface area contributed by atoms with E-state index in [9.17, 15) is 22.8 Å². The fourth-order valence-electron chi connectivity index (χ4n) is 2.26. The molecule has 1 unspecified atom stereocenters. The van der Waals surface area contributed by atoms with Crippen molar-refractivity contribution in [2.45, 2.75) is 38.0 Å². The SMILES string of the molecule is NCCCCC(NC(=O)CNCc1ccccc1C(F)(F)F)C(=O)O. The number of carbonyl (C=O) groups is 2. The normalized spacial score (nSPS) is 12.6. The monoisotopic (exact) mass is 361 g/mol. The largest absolute Gasteiger partial charge is 0.480 e. The Balaban J connectivity index is 2.50. The molecule has 0 bridgehead atoms. The lowest BCUT2D eigenvalue weighted by Gasteiger charge is -2.15. The van der Waals surface area contributed by atoms with Gasteiger partial charge in [-0.15, -0.1) is 0 Å². The molecule has 0 heterocycles. The maximum atomic E-state index is 12.9. The molecule has 1 amide bonds. The third-order valence-electron chi connectivity index (χ3n) is 3.50. The number of hydrogen-bond acceptors (Lipinski definition) is 4. The van der Waals surface area contributed by atoms with Crippen LogP contribution in [0.5, 0.6) is 0 Å². The van der Waals surface area contributed by atoms with Crippen LogP contribution in [-0.2, 0) is 22.3 Å². The lowest BCUT2D eigenvalue weighted by atomic mass is 10.1. The predicted molar refractivity (Wildman–Crippen MR) is 85.6 cm³/mol. The molecular weight excluding hydrogens is 339 g/mol. The fourth-order valence-corrected chi connectivity index (χ4v) is 2.26. The average Bonchev–Trinajstić information content (AvgIpc) is 2.53. The summed E-state index contributed by atoms with van der Waals surface area (Å²) in [6.07, 6.45) is -3.03. The molecule has 0 radical (unpaired) electrons. The number of aliphatic carboxylic acids is 1. The number of hydrogen-bond donors (Lipinski definition) is 4. The Morgan fingerprint density at radius 1 is 1.20 bits per heavy atom. The van der Waals surface area contributed by atoms with Gasteiger partial charge in [-0.05, 0) is 37.4 Å². The van der Waals surface area contributed by atoms with E-state index in [0.29, 0.717) is 19.4 Å². The van der Waals surface area contributed by atoms with Crippen LogP contribution in [0.2, 0.25) is 0 Å². The van der Waals surface area contributed by atoms with Crippen molar-refractivity contribution >= 4 is 11.9 Å². The Bertz CT molecular complexity index is 579. The van der Waals surface area contributed by atoms with Gasteiger partial charge < -0.3 is 21.5 Å². The van der Waals surface area contributed by atoms with Crippen LogP contribution >= 0.6 is 0 Å². The second-order valence-electron chi connectivity index (χ2n) is 5.50. The van der Waals surface area contributed by atoms with Gasteiger partial charge in [0.25, 0.3) is 0 Å². The van der Waals surface area contributed by atoms with E-state index in [4.69, 9.17) is 10.8 Å². The number of carboxylic acid groups (broad SMARTS) is 1. The standard InChI is InChI=1S/C16H22F3N3O3/c17-16(18,19)12-6-2-1-5-11(12)9-21-10-14(23)22-13(15(24)25)7-3-4-8-20/h1-2,5-6,13,21H,3-4,7-10,20H2,(H,22,23)(H,24,25). The molecule has 5 N–H and O–H groups in total. The van der Waals surface area contributed by atoms with E-state index >= 15 is 0 Å². The maximum absolute atomic E-state index is 12.9. The molecule has 0 aliphatic carbocycles. The molecule has 9 heteroatoms. The lowest BCUT2D eigenvalue weighted by Crippen LogP contribution is -2.44. The van der Waals surface area contributed by atoms with E-state index in [1.807, 2.05) is 0 Å². The number of unbranched alkanes of at least 4 members (excludes halogenated alkanes) is 1. The first-order valence-electron chi connectivity index (χ1n) is 7.83. The Labute approximate surface area is 143 Å². The van der Waals surface area contributed by atoms with Crippen molar-refractivity contribution in [3.8, 4) is 0 Å². The topological polar surface area (TPSA) is 104 Å². The second-order valence-corrected chi connectivity index (χ2v) is 5.50. The summed E-state index contributed by atoms with van der Waals surface area (Å²) in [7, 11) is 0. The fraction of sp³-hybridized carbons (Fsp3) is 0.500. The number of rotatable bonds is 10. The number of benzene rings is 1. The Morgan fingerprint density at radius 2 is 1.88 bits per heavy atom. The molecule has 25 heavy (non-hydrogen) atoms. The molecule has 6 nitrogen and oxygen atoms in total. The highest BCUT2D eigenvalue weighted by molar-refractivity contribution is 5.84. The molecule has 1 rings (SSSR count). The molecule has 140 valence electrons. The Hall–Kier alpha value is -2.13. The van der Waals surface area contributed by atoms with Gasteiger partial charge in [-0.2, -0.15) is 13.2 Å². The van der Waals surface area contributed by atoms with Crippen molar-refractivity contribution in [1.82, 2.24) is 10.6 Å². The first-order valence-corrected chi connectivity index (χ1v) is 7.83. The summed E-state index contributed by atoms with van der Waals surface area (Å²) in [5.41, 5.74) is 4.58. The molecule has 0 fully saturated rings. The number of alkyl halides is 3. The van der Waals surface area contributed by atoms with Gasteiger partial charge in [0.1, 0.15) is 6.04 Å². The summed E-state index contributed by atoms with van der Waals surface area (Å²) in [5.74, 6) is -1.75. The minimum atomic E-state index is -4.47.